The Kier molecular flexibility index (Phi) is 2.31. The van der Waals surface area contributed by atoms with Gasteiger partial charge < -0.3 is 5.32 Å². The molecule has 0 saturated heterocycles. The number of rotatable bonds is 2. The lowest BCUT2D eigenvalue weighted by Crippen LogP contribution is -2.38. The van der Waals surface area contributed by atoms with Crippen LogP contribution in [0.15, 0.2) is 24.4 Å². The monoisotopic (exact) mass is 190 g/mol. The van der Waals surface area contributed by atoms with Gasteiger partial charge in [0.1, 0.15) is 0 Å². The number of nitrogens with zero attached hydrogens (tertiary/aromatic N) is 1. The number of hydrogen-bond acceptors (Lipinski definition) is 2. The number of aromatic nitrogens is 1. The third-order valence-corrected chi connectivity index (χ3v) is 2.48. The van der Waals surface area contributed by atoms with Crippen LogP contribution in [0.25, 0.3) is 0 Å². The van der Waals surface area contributed by atoms with Crippen LogP contribution in [0.5, 0.6) is 0 Å². The molecule has 0 amide bonds. The lowest BCUT2D eigenvalue weighted by atomic mass is 10.1. The summed E-state index contributed by atoms with van der Waals surface area (Å²) < 4.78 is 0. The highest BCUT2D eigenvalue weighted by atomic mass is 15.0. The van der Waals surface area contributed by atoms with Gasteiger partial charge in [0.25, 0.3) is 0 Å². The van der Waals surface area contributed by atoms with Crippen molar-refractivity contribution >= 4 is 0 Å². The number of pyridine rings is 1. The molecule has 1 aromatic heterocycles. The fourth-order valence-corrected chi connectivity index (χ4v) is 1.83. The molecule has 1 saturated carbocycles. The zero-order valence-electron chi connectivity index (χ0n) is 9.12. The van der Waals surface area contributed by atoms with Crippen LogP contribution < -0.4 is 5.32 Å². The second kappa shape index (κ2) is 3.35. The molecule has 14 heavy (non-hydrogen) atoms. The molecule has 2 heteroatoms. The molecule has 1 fully saturated rings. The Morgan fingerprint density at radius 3 is 2.71 bits per heavy atom. The molecule has 0 spiro atoms. The molecule has 2 rings (SSSR count). The predicted octanol–water partition coefficient (Wildman–Crippen LogP) is 2.33. The van der Waals surface area contributed by atoms with Crippen molar-refractivity contribution < 1.29 is 0 Å². The molecule has 1 aliphatic carbocycles. The van der Waals surface area contributed by atoms with Gasteiger partial charge in [0.2, 0.25) is 0 Å². The Hall–Kier alpha value is -0.890. The second-order valence-corrected chi connectivity index (χ2v) is 5.10. The van der Waals surface area contributed by atoms with Gasteiger partial charge in [-0.3, -0.25) is 4.98 Å². The van der Waals surface area contributed by atoms with Gasteiger partial charge >= 0.3 is 0 Å². The van der Waals surface area contributed by atoms with Crippen molar-refractivity contribution in [3.63, 3.8) is 0 Å². The molecular weight excluding hydrogens is 172 g/mol. The molecule has 0 unspecified atom stereocenters. The largest absolute Gasteiger partial charge is 0.309 e. The summed E-state index contributed by atoms with van der Waals surface area (Å²) in [5, 5.41) is 3.60. The smallest absolute Gasteiger partial charge is 0.0450 e. The van der Waals surface area contributed by atoms with Gasteiger partial charge in [0, 0.05) is 29.4 Å². The van der Waals surface area contributed by atoms with E-state index in [-0.39, 0.29) is 5.54 Å². The summed E-state index contributed by atoms with van der Waals surface area (Å²) in [6.45, 7) is 6.63. The second-order valence-electron chi connectivity index (χ2n) is 5.10. The van der Waals surface area contributed by atoms with Crippen LogP contribution in [0, 0.1) is 0 Å². The summed E-state index contributed by atoms with van der Waals surface area (Å²) in [5.74, 6) is 0.635. The SMILES string of the molecule is CC(C)(C)N[C@@H]1C[C@H]1c1ccccn1. The first-order chi connectivity index (χ1) is 6.56. The predicted molar refractivity (Wildman–Crippen MR) is 58.3 cm³/mol. The van der Waals surface area contributed by atoms with Crippen LogP contribution in [-0.2, 0) is 0 Å². The third kappa shape index (κ3) is 2.32. The van der Waals surface area contributed by atoms with Gasteiger partial charge in [0.15, 0.2) is 0 Å². The minimum Gasteiger partial charge on any atom is -0.309 e. The number of hydrogen-bond donors (Lipinski definition) is 1. The highest BCUT2D eigenvalue weighted by Crippen LogP contribution is 2.40. The van der Waals surface area contributed by atoms with Crippen LogP contribution in [0.2, 0.25) is 0 Å². The lowest BCUT2D eigenvalue weighted by Gasteiger charge is -2.20. The zero-order valence-corrected chi connectivity index (χ0v) is 9.12. The average molecular weight is 190 g/mol. The summed E-state index contributed by atoms with van der Waals surface area (Å²) >= 11 is 0. The van der Waals surface area contributed by atoms with Crippen molar-refractivity contribution in [2.24, 2.45) is 0 Å². The molecule has 76 valence electrons. The quantitative estimate of drug-likeness (QED) is 0.774. The molecule has 2 nitrogen and oxygen atoms in total. The van der Waals surface area contributed by atoms with Crippen LogP contribution in [0.4, 0.5) is 0 Å². The summed E-state index contributed by atoms with van der Waals surface area (Å²) in [4.78, 5) is 4.38. The summed E-state index contributed by atoms with van der Waals surface area (Å²) in [6.07, 6.45) is 3.11. The average Bonchev–Trinajstić information content (AvgIpc) is 2.82. The van der Waals surface area contributed by atoms with Crippen molar-refractivity contribution in [2.45, 2.75) is 44.7 Å². The van der Waals surface area contributed by atoms with Crippen molar-refractivity contribution in [3.8, 4) is 0 Å². The van der Waals surface area contributed by atoms with Gasteiger partial charge in [-0.15, -0.1) is 0 Å². The van der Waals surface area contributed by atoms with Gasteiger partial charge in [-0.2, -0.15) is 0 Å². The summed E-state index contributed by atoms with van der Waals surface area (Å²) in [6, 6.07) is 6.78. The maximum atomic E-state index is 4.38. The van der Waals surface area contributed by atoms with Crippen molar-refractivity contribution in [1.82, 2.24) is 10.3 Å². The molecule has 0 bridgehead atoms. The van der Waals surface area contributed by atoms with E-state index in [1.54, 1.807) is 0 Å². The van der Waals surface area contributed by atoms with Crippen LogP contribution >= 0.6 is 0 Å². The van der Waals surface area contributed by atoms with Crippen LogP contribution in [0.3, 0.4) is 0 Å². The molecule has 2 atom stereocenters. The van der Waals surface area contributed by atoms with Gasteiger partial charge in [-0.1, -0.05) is 6.07 Å². The zero-order chi connectivity index (χ0) is 10.2. The van der Waals surface area contributed by atoms with E-state index in [4.69, 9.17) is 0 Å². The first-order valence-corrected chi connectivity index (χ1v) is 5.25. The van der Waals surface area contributed by atoms with Gasteiger partial charge in [0.05, 0.1) is 0 Å². The fraction of sp³-hybridized carbons (Fsp3) is 0.583. The van der Waals surface area contributed by atoms with E-state index in [1.807, 2.05) is 12.3 Å². The van der Waals surface area contributed by atoms with E-state index in [0.29, 0.717) is 12.0 Å². The molecule has 0 aromatic carbocycles. The molecule has 0 aliphatic heterocycles. The molecular formula is C12H18N2. The molecule has 1 aliphatic rings. The first-order valence-electron chi connectivity index (χ1n) is 5.25. The Balaban J connectivity index is 1.94. The lowest BCUT2D eigenvalue weighted by molar-refractivity contribution is 0.418. The van der Waals surface area contributed by atoms with E-state index in [1.165, 1.54) is 12.1 Å². The molecule has 0 radical (unpaired) electrons. The van der Waals surface area contributed by atoms with E-state index in [0.717, 1.165) is 0 Å². The van der Waals surface area contributed by atoms with E-state index < -0.39 is 0 Å². The van der Waals surface area contributed by atoms with Crippen molar-refractivity contribution in [3.05, 3.63) is 30.1 Å². The third-order valence-electron chi connectivity index (χ3n) is 2.48. The van der Waals surface area contributed by atoms with E-state index in [9.17, 15) is 0 Å². The maximum absolute atomic E-state index is 4.38. The normalized spacial score (nSPS) is 26.2. The fourth-order valence-electron chi connectivity index (χ4n) is 1.83. The Bertz CT molecular complexity index is 300. The van der Waals surface area contributed by atoms with Crippen molar-refractivity contribution in [2.75, 3.05) is 0 Å². The minimum absolute atomic E-state index is 0.216. The van der Waals surface area contributed by atoms with Gasteiger partial charge in [-0.25, -0.2) is 0 Å². The standard InChI is InChI=1S/C12H18N2/c1-12(2,3)14-11-8-9(11)10-6-4-5-7-13-10/h4-7,9,11,14H,8H2,1-3H3/t9-,11+/m0/s1. The van der Waals surface area contributed by atoms with Crippen LogP contribution in [0.1, 0.15) is 38.8 Å². The molecule has 1 aromatic rings. The first kappa shape index (κ1) is 9.66. The Labute approximate surface area is 85.7 Å². The van der Waals surface area contributed by atoms with E-state index in [2.05, 4.69) is 43.2 Å². The minimum atomic E-state index is 0.216. The molecule has 1 N–H and O–H groups in total. The van der Waals surface area contributed by atoms with E-state index >= 15 is 0 Å². The Morgan fingerprint density at radius 2 is 2.14 bits per heavy atom. The highest BCUT2D eigenvalue weighted by molar-refractivity contribution is 5.21. The Morgan fingerprint density at radius 1 is 1.36 bits per heavy atom. The van der Waals surface area contributed by atoms with Crippen LogP contribution in [-0.4, -0.2) is 16.6 Å². The number of nitrogens with one attached hydrogen (secondary N) is 1. The van der Waals surface area contributed by atoms with Crippen molar-refractivity contribution in [1.29, 1.82) is 0 Å². The van der Waals surface area contributed by atoms with Gasteiger partial charge in [-0.05, 0) is 39.3 Å². The maximum Gasteiger partial charge on any atom is 0.0450 e. The highest BCUT2D eigenvalue weighted by Gasteiger charge is 2.40. The summed E-state index contributed by atoms with van der Waals surface area (Å²) in [5.41, 5.74) is 1.45. The summed E-state index contributed by atoms with van der Waals surface area (Å²) in [7, 11) is 0. The molecule has 1 heterocycles. The topological polar surface area (TPSA) is 24.9 Å².